The van der Waals surface area contributed by atoms with Crippen LogP contribution in [0.2, 0.25) is 0 Å². The molecule has 1 aromatic heterocycles. The number of hydrogen-bond donors (Lipinski definition) is 2. The summed E-state index contributed by atoms with van der Waals surface area (Å²) in [5, 5.41) is 11.5. The molecule has 1 aliphatic heterocycles. The third-order valence-corrected chi connectivity index (χ3v) is 3.26. The van der Waals surface area contributed by atoms with E-state index in [1.165, 1.54) is 12.8 Å². The highest BCUT2D eigenvalue weighted by Gasteiger charge is 2.12. The van der Waals surface area contributed by atoms with Gasteiger partial charge >= 0.3 is 0 Å². The quantitative estimate of drug-likeness (QED) is 0.342. The molecule has 1 aliphatic rings. The molecule has 0 radical (unpaired) electrons. The Morgan fingerprint density at radius 3 is 2.78 bits per heavy atom. The molecule has 3 N–H and O–H groups in total. The number of oxime groups is 1. The molecule has 0 atom stereocenters. The van der Waals surface area contributed by atoms with E-state index in [-0.39, 0.29) is 17.0 Å². The Balaban J connectivity index is 2.11. The second-order valence-electron chi connectivity index (χ2n) is 4.45. The van der Waals surface area contributed by atoms with E-state index in [0.717, 1.165) is 19.6 Å². The summed E-state index contributed by atoms with van der Waals surface area (Å²) in [5.41, 5.74) is 5.48. The van der Waals surface area contributed by atoms with Crippen LogP contribution < -0.4 is 11.3 Å². The summed E-state index contributed by atoms with van der Waals surface area (Å²) in [6, 6.07) is 3.29. The van der Waals surface area contributed by atoms with Crippen LogP contribution in [0.3, 0.4) is 0 Å². The van der Waals surface area contributed by atoms with E-state index in [4.69, 9.17) is 10.9 Å². The summed E-state index contributed by atoms with van der Waals surface area (Å²) in [4.78, 5) is 14.4. The van der Waals surface area contributed by atoms with E-state index in [1.807, 2.05) is 0 Å². The van der Waals surface area contributed by atoms with Gasteiger partial charge in [-0.1, -0.05) is 5.16 Å². The third kappa shape index (κ3) is 2.70. The predicted molar refractivity (Wildman–Crippen MR) is 68.9 cm³/mol. The summed E-state index contributed by atoms with van der Waals surface area (Å²) in [7, 11) is 0. The largest absolute Gasteiger partial charge is 0.409 e. The number of likely N-dealkylation sites (tertiary alicyclic amines) is 1. The summed E-state index contributed by atoms with van der Waals surface area (Å²) in [6.45, 7) is 3.70. The first-order valence-electron chi connectivity index (χ1n) is 6.12. The Hall–Kier alpha value is -1.82. The molecule has 0 saturated carbocycles. The lowest BCUT2D eigenvalue weighted by Crippen LogP contribution is -2.33. The van der Waals surface area contributed by atoms with Crippen LogP contribution in [0.5, 0.6) is 0 Å². The van der Waals surface area contributed by atoms with Gasteiger partial charge in [0, 0.05) is 19.3 Å². The average Bonchev–Trinajstić information content (AvgIpc) is 2.90. The number of aromatic nitrogens is 1. The van der Waals surface area contributed by atoms with Crippen LogP contribution in [-0.4, -0.2) is 40.1 Å². The van der Waals surface area contributed by atoms with Crippen molar-refractivity contribution in [3.8, 4) is 0 Å². The Morgan fingerprint density at radius 2 is 2.11 bits per heavy atom. The number of nitrogens with zero attached hydrogens (tertiary/aromatic N) is 3. The van der Waals surface area contributed by atoms with Gasteiger partial charge in [0.05, 0.1) is 5.56 Å². The monoisotopic (exact) mass is 250 g/mol. The molecule has 6 heteroatoms. The van der Waals surface area contributed by atoms with Crippen molar-refractivity contribution in [2.24, 2.45) is 10.9 Å². The zero-order valence-corrected chi connectivity index (χ0v) is 10.2. The molecule has 0 spiro atoms. The van der Waals surface area contributed by atoms with Gasteiger partial charge in [-0.3, -0.25) is 4.79 Å². The lowest BCUT2D eigenvalue weighted by molar-refractivity contribution is 0.317. The van der Waals surface area contributed by atoms with E-state index in [2.05, 4.69) is 10.1 Å². The van der Waals surface area contributed by atoms with Gasteiger partial charge in [-0.15, -0.1) is 0 Å². The molecule has 0 bridgehead atoms. The molecule has 0 amide bonds. The molecule has 0 unspecified atom stereocenters. The fourth-order valence-electron chi connectivity index (χ4n) is 2.22. The SMILES string of the molecule is N/C(=N/O)c1cccn(CCN2CCCC2)c1=O. The van der Waals surface area contributed by atoms with E-state index in [1.54, 1.807) is 22.9 Å². The molecule has 1 saturated heterocycles. The number of amidine groups is 1. The zero-order chi connectivity index (χ0) is 13.0. The van der Waals surface area contributed by atoms with Crippen molar-refractivity contribution in [2.45, 2.75) is 19.4 Å². The van der Waals surface area contributed by atoms with Crippen LogP contribution >= 0.6 is 0 Å². The first-order valence-corrected chi connectivity index (χ1v) is 6.12. The van der Waals surface area contributed by atoms with Crippen LogP contribution in [0.4, 0.5) is 0 Å². The van der Waals surface area contributed by atoms with Crippen LogP contribution in [-0.2, 0) is 6.54 Å². The number of nitrogens with two attached hydrogens (primary N) is 1. The molecule has 18 heavy (non-hydrogen) atoms. The van der Waals surface area contributed by atoms with Crippen LogP contribution in [0.1, 0.15) is 18.4 Å². The van der Waals surface area contributed by atoms with Crippen molar-refractivity contribution < 1.29 is 5.21 Å². The lowest BCUT2D eigenvalue weighted by Gasteiger charge is -2.15. The van der Waals surface area contributed by atoms with Gasteiger partial charge in [-0.05, 0) is 38.1 Å². The standard InChI is InChI=1S/C12H18N4O2/c13-11(14-18)10-4-3-7-16(12(10)17)9-8-15-5-1-2-6-15/h3-4,7,18H,1-2,5-6,8-9H2,(H2,13,14). The van der Waals surface area contributed by atoms with Gasteiger partial charge in [0.25, 0.3) is 5.56 Å². The van der Waals surface area contributed by atoms with Gasteiger partial charge in [0.15, 0.2) is 5.84 Å². The fourth-order valence-corrected chi connectivity index (χ4v) is 2.22. The minimum atomic E-state index is -0.216. The maximum atomic E-state index is 12.0. The van der Waals surface area contributed by atoms with Gasteiger partial charge < -0.3 is 20.4 Å². The summed E-state index contributed by atoms with van der Waals surface area (Å²) < 4.78 is 1.60. The van der Waals surface area contributed by atoms with Crippen molar-refractivity contribution in [1.29, 1.82) is 0 Å². The Bertz CT molecular complexity index is 489. The van der Waals surface area contributed by atoms with Gasteiger partial charge in [0.1, 0.15) is 0 Å². The lowest BCUT2D eigenvalue weighted by atomic mass is 10.2. The molecule has 98 valence electrons. The molecular formula is C12H18N4O2. The van der Waals surface area contributed by atoms with Gasteiger partial charge in [-0.2, -0.15) is 0 Å². The van der Waals surface area contributed by atoms with Gasteiger partial charge in [0.2, 0.25) is 0 Å². The van der Waals surface area contributed by atoms with E-state index < -0.39 is 0 Å². The van der Waals surface area contributed by atoms with Crippen LogP contribution in [0.25, 0.3) is 0 Å². The predicted octanol–water partition coefficient (Wildman–Crippen LogP) is 0.0386. The normalized spacial score (nSPS) is 17.2. The van der Waals surface area contributed by atoms with E-state index in [0.29, 0.717) is 6.54 Å². The Labute approximate surface area is 105 Å². The smallest absolute Gasteiger partial charge is 0.261 e. The van der Waals surface area contributed by atoms with Crippen molar-refractivity contribution >= 4 is 5.84 Å². The third-order valence-electron chi connectivity index (χ3n) is 3.26. The minimum absolute atomic E-state index is 0.143. The maximum absolute atomic E-state index is 12.0. The summed E-state index contributed by atoms with van der Waals surface area (Å²) >= 11 is 0. The summed E-state index contributed by atoms with van der Waals surface area (Å²) in [5.74, 6) is -0.143. The second-order valence-corrected chi connectivity index (χ2v) is 4.45. The van der Waals surface area contributed by atoms with Crippen molar-refractivity contribution in [2.75, 3.05) is 19.6 Å². The van der Waals surface area contributed by atoms with E-state index in [9.17, 15) is 4.79 Å². The van der Waals surface area contributed by atoms with Crippen LogP contribution in [0.15, 0.2) is 28.3 Å². The van der Waals surface area contributed by atoms with Crippen molar-refractivity contribution in [3.05, 3.63) is 34.2 Å². The average molecular weight is 250 g/mol. The molecule has 2 heterocycles. The maximum Gasteiger partial charge on any atom is 0.261 e. The molecule has 2 rings (SSSR count). The van der Waals surface area contributed by atoms with E-state index >= 15 is 0 Å². The molecule has 0 aliphatic carbocycles. The van der Waals surface area contributed by atoms with Crippen LogP contribution in [0, 0.1) is 0 Å². The molecule has 1 aromatic rings. The molecule has 1 fully saturated rings. The minimum Gasteiger partial charge on any atom is -0.409 e. The van der Waals surface area contributed by atoms with Crippen molar-refractivity contribution in [1.82, 2.24) is 9.47 Å². The number of rotatable bonds is 4. The Morgan fingerprint density at radius 1 is 1.39 bits per heavy atom. The molecular weight excluding hydrogens is 232 g/mol. The first kappa shape index (κ1) is 12.6. The first-order chi connectivity index (χ1) is 8.72. The molecule has 6 nitrogen and oxygen atoms in total. The highest BCUT2D eigenvalue weighted by molar-refractivity contribution is 5.96. The van der Waals surface area contributed by atoms with Gasteiger partial charge in [-0.25, -0.2) is 0 Å². The topological polar surface area (TPSA) is 83.8 Å². The number of hydrogen-bond acceptors (Lipinski definition) is 4. The summed E-state index contributed by atoms with van der Waals surface area (Å²) in [6.07, 6.45) is 4.20. The highest BCUT2D eigenvalue weighted by Crippen LogP contribution is 2.06. The fraction of sp³-hybridized carbons (Fsp3) is 0.500. The molecule has 0 aromatic carbocycles. The second kappa shape index (κ2) is 5.68. The Kier molecular flexibility index (Phi) is 3.99. The van der Waals surface area contributed by atoms with Crippen molar-refractivity contribution in [3.63, 3.8) is 0 Å². The zero-order valence-electron chi connectivity index (χ0n) is 10.2. The highest BCUT2D eigenvalue weighted by atomic mass is 16.4. The number of pyridine rings is 1.